The molecule has 0 aliphatic heterocycles. The summed E-state index contributed by atoms with van der Waals surface area (Å²) in [5.41, 5.74) is 8.06. The number of nitrogens with two attached hydrogens (primary N) is 1. The average molecular weight is 540 g/mol. The van der Waals surface area contributed by atoms with Crippen molar-refractivity contribution in [3.63, 3.8) is 0 Å². The van der Waals surface area contributed by atoms with Gasteiger partial charge in [0.2, 0.25) is 5.43 Å². The zero-order chi connectivity index (χ0) is 27.8. The van der Waals surface area contributed by atoms with Gasteiger partial charge in [-0.25, -0.2) is 0 Å². The second-order valence-corrected chi connectivity index (χ2v) is 11.1. The van der Waals surface area contributed by atoms with E-state index >= 15 is 0 Å². The molecular formula is C34H57N3O2. The van der Waals surface area contributed by atoms with Crippen LogP contribution < -0.4 is 21.2 Å². The van der Waals surface area contributed by atoms with E-state index < -0.39 is 0 Å². The summed E-state index contributed by atoms with van der Waals surface area (Å²) < 4.78 is 7.94. The minimum atomic E-state index is -0.0421. The number of ether oxygens (including phenoxy) is 1. The average Bonchev–Trinajstić information content (AvgIpc) is 2.95. The standard InChI is InChI=1S/C34H57N3O2/c1-2-3-4-5-6-7-8-9-10-11-12-13-14-15-16-19-27-39-34-30-37(26-23-33(34)38)29-32-22-18-17-21-31(32)28-36-25-20-24-35/h17-18,21-23,26,30,36H,2-16,19-20,24-25,27-29,35H2,1H3. The Labute approximate surface area is 238 Å². The Bertz CT molecular complexity index is 911. The lowest BCUT2D eigenvalue weighted by molar-refractivity contribution is 0.299. The van der Waals surface area contributed by atoms with Gasteiger partial charge >= 0.3 is 0 Å². The number of nitrogens with zero attached hydrogens (tertiary/aromatic N) is 1. The van der Waals surface area contributed by atoms with Gasteiger partial charge in [0.15, 0.2) is 5.75 Å². The van der Waals surface area contributed by atoms with Crippen LogP contribution in [0.5, 0.6) is 5.75 Å². The summed E-state index contributed by atoms with van der Waals surface area (Å²) in [6.07, 6.45) is 26.3. The summed E-state index contributed by atoms with van der Waals surface area (Å²) in [5, 5.41) is 3.46. The molecule has 0 saturated carbocycles. The fourth-order valence-electron chi connectivity index (χ4n) is 5.07. The SMILES string of the molecule is CCCCCCCCCCCCCCCCCCOc1cn(Cc2ccccc2CNCCCN)ccc1=O. The van der Waals surface area contributed by atoms with Crippen LogP contribution in [-0.4, -0.2) is 24.3 Å². The molecule has 1 aromatic carbocycles. The Hall–Kier alpha value is -2.11. The van der Waals surface area contributed by atoms with Gasteiger partial charge in [-0.15, -0.1) is 0 Å². The predicted octanol–water partition coefficient (Wildman–Crippen LogP) is 7.98. The summed E-state index contributed by atoms with van der Waals surface area (Å²) in [6, 6.07) is 10.1. The maximum atomic E-state index is 12.3. The first-order valence-corrected chi connectivity index (χ1v) is 16.0. The summed E-state index contributed by atoms with van der Waals surface area (Å²) in [7, 11) is 0. The van der Waals surface area contributed by atoms with Crippen molar-refractivity contribution < 1.29 is 4.74 Å². The Kier molecular flexibility index (Phi) is 19.2. The quantitative estimate of drug-likeness (QED) is 0.126. The molecule has 1 heterocycles. The second-order valence-electron chi connectivity index (χ2n) is 11.1. The van der Waals surface area contributed by atoms with Crippen molar-refractivity contribution in [2.24, 2.45) is 5.73 Å². The summed E-state index contributed by atoms with van der Waals surface area (Å²) >= 11 is 0. The molecule has 0 aliphatic rings. The highest BCUT2D eigenvalue weighted by Gasteiger charge is 2.06. The molecule has 0 fully saturated rings. The lowest BCUT2D eigenvalue weighted by Crippen LogP contribution is -2.19. The van der Waals surface area contributed by atoms with Gasteiger partial charge in [0, 0.05) is 25.4 Å². The third-order valence-corrected chi connectivity index (χ3v) is 7.54. The molecule has 220 valence electrons. The minimum Gasteiger partial charge on any atom is -0.488 e. The molecule has 0 spiro atoms. The Balaban J connectivity index is 1.55. The van der Waals surface area contributed by atoms with Crippen LogP contribution in [0.2, 0.25) is 0 Å². The maximum absolute atomic E-state index is 12.3. The van der Waals surface area contributed by atoms with Crippen molar-refractivity contribution in [2.75, 3.05) is 19.7 Å². The first kappa shape index (κ1) is 33.1. The topological polar surface area (TPSA) is 69.3 Å². The van der Waals surface area contributed by atoms with E-state index in [9.17, 15) is 4.79 Å². The molecule has 0 amide bonds. The van der Waals surface area contributed by atoms with Gasteiger partial charge in [0.1, 0.15) is 0 Å². The normalized spacial score (nSPS) is 11.2. The Morgan fingerprint density at radius 3 is 1.90 bits per heavy atom. The molecule has 0 radical (unpaired) electrons. The lowest BCUT2D eigenvalue weighted by atomic mass is 10.0. The molecule has 1 aromatic heterocycles. The van der Waals surface area contributed by atoms with E-state index in [-0.39, 0.29) is 5.43 Å². The monoisotopic (exact) mass is 539 g/mol. The molecule has 2 rings (SSSR count). The third-order valence-electron chi connectivity index (χ3n) is 7.54. The van der Waals surface area contributed by atoms with E-state index in [1.165, 1.54) is 107 Å². The smallest absolute Gasteiger partial charge is 0.223 e. The maximum Gasteiger partial charge on any atom is 0.223 e. The molecule has 3 N–H and O–H groups in total. The van der Waals surface area contributed by atoms with Crippen LogP contribution in [-0.2, 0) is 13.1 Å². The number of rotatable bonds is 25. The van der Waals surface area contributed by atoms with Gasteiger partial charge in [-0.05, 0) is 37.1 Å². The number of aromatic nitrogens is 1. The highest BCUT2D eigenvalue weighted by atomic mass is 16.5. The van der Waals surface area contributed by atoms with Gasteiger partial charge in [0.05, 0.1) is 12.8 Å². The van der Waals surface area contributed by atoms with Gasteiger partial charge in [0.25, 0.3) is 0 Å². The predicted molar refractivity (Wildman–Crippen MR) is 167 cm³/mol. The van der Waals surface area contributed by atoms with Crippen LogP contribution >= 0.6 is 0 Å². The second kappa shape index (κ2) is 22.7. The van der Waals surface area contributed by atoms with Crippen LogP contribution in [0.4, 0.5) is 0 Å². The van der Waals surface area contributed by atoms with Crippen molar-refractivity contribution in [3.8, 4) is 5.75 Å². The summed E-state index contributed by atoms with van der Waals surface area (Å²) in [4.78, 5) is 12.3. The minimum absolute atomic E-state index is 0.0421. The van der Waals surface area contributed by atoms with E-state index in [0.717, 1.165) is 25.9 Å². The first-order chi connectivity index (χ1) is 19.2. The van der Waals surface area contributed by atoms with Gasteiger partial charge in [-0.2, -0.15) is 0 Å². The molecule has 0 atom stereocenters. The van der Waals surface area contributed by atoms with Crippen LogP contribution in [0, 0.1) is 0 Å². The van der Waals surface area contributed by atoms with Gasteiger partial charge in [-0.3, -0.25) is 4.79 Å². The molecular weight excluding hydrogens is 482 g/mol. The van der Waals surface area contributed by atoms with E-state index in [1.54, 1.807) is 6.07 Å². The highest BCUT2D eigenvalue weighted by Crippen LogP contribution is 2.15. The van der Waals surface area contributed by atoms with E-state index in [4.69, 9.17) is 10.5 Å². The van der Waals surface area contributed by atoms with Crippen molar-refractivity contribution in [3.05, 3.63) is 64.1 Å². The highest BCUT2D eigenvalue weighted by molar-refractivity contribution is 5.28. The number of pyridine rings is 1. The summed E-state index contributed by atoms with van der Waals surface area (Å²) in [6.45, 7) is 6.05. The number of nitrogens with one attached hydrogen (secondary N) is 1. The molecule has 5 heteroatoms. The van der Waals surface area contributed by atoms with Crippen molar-refractivity contribution in [2.45, 2.75) is 129 Å². The molecule has 0 unspecified atom stereocenters. The molecule has 0 saturated heterocycles. The van der Waals surface area contributed by atoms with Gasteiger partial charge in [-0.1, -0.05) is 128 Å². The Morgan fingerprint density at radius 2 is 1.31 bits per heavy atom. The largest absolute Gasteiger partial charge is 0.488 e. The fourth-order valence-corrected chi connectivity index (χ4v) is 5.07. The number of unbranched alkanes of at least 4 members (excludes halogenated alkanes) is 15. The van der Waals surface area contributed by atoms with Crippen molar-refractivity contribution in [1.82, 2.24) is 9.88 Å². The fraction of sp³-hybridized carbons (Fsp3) is 0.676. The number of hydrogen-bond donors (Lipinski definition) is 2. The van der Waals surface area contributed by atoms with Crippen molar-refractivity contribution >= 4 is 0 Å². The zero-order valence-electron chi connectivity index (χ0n) is 24.9. The Morgan fingerprint density at radius 1 is 0.744 bits per heavy atom. The molecule has 0 aliphatic carbocycles. The molecule has 39 heavy (non-hydrogen) atoms. The number of hydrogen-bond acceptors (Lipinski definition) is 4. The summed E-state index contributed by atoms with van der Waals surface area (Å²) in [5.74, 6) is 0.456. The third kappa shape index (κ3) is 15.9. The van der Waals surface area contributed by atoms with Crippen LogP contribution in [0.15, 0.2) is 47.5 Å². The molecule has 2 aromatic rings. The van der Waals surface area contributed by atoms with Crippen LogP contribution in [0.3, 0.4) is 0 Å². The lowest BCUT2D eigenvalue weighted by Gasteiger charge is -2.14. The number of benzene rings is 1. The van der Waals surface area contributed by atoms with E-state index in [1.807, 2.05) is 17.0 Å². The van der Waals surface area contributed by atoms with Crippen molar-refractivity contribution in [1.29, 1.82) is 0 Å². The molecule has 0 bridgehead atoms. The van der Waals surface area contributed by atoms with Crippen LogP contribution in [0.25, 0.3) is 0 Å². The van der Waals surface area contributed by atoms with Gasteiger partial charge < -0.3 is 20.4 Å². The first-order valence-electron chi connectivity index (χ1n) is 16.0. The van der Waals surface area contributed by atoms with E-state index in [0.29, 0.717) is 25.4 Å². The van der Waals surface area contributed by atoms with Crippen LogP contribution in [0.1, 0.15) is 127 Å². The molecule has 5 nitrogen and oxygen atoms in total. The zero-order valence-corrected chi connectivity index (χ0v) is 24.9. The van der Waals surface area contributed by atoms with E-state index in [2.05, 4.69) is 36.5 Å².